The first kappa shape index (κ1) is 28.0. The molecule has 1 saturated carbocycles. The largest absolute Gasteiger partial charge is 0.497 e. The van der Waals surface area contributed by atoms with Crippen molar-refractivity contribution < 1.29 is 23.8 Å². The summed E-state index contributed by atoms with van der Waals surface area (Å²) in [5, 5.41) is 13.1. The summed E-state index contributed by atoms with van der Waals surface area (Å²) < 4.78 is 26.4. The van der Waals surface area contributed by atoms with E-state index in [1.807, 2.05) is 56.3 Å². The van der Waals surface area contributed by atoms with Gasteiger partial charge < -0.3 is 14.6 Å². The summed E-state index contributed by atoms with van der Waals surface area (Å²) in [6.07, 6.45) is 2.79. The van der Waals surface area contributed by atoms with Crippen molar-refractivity contribution in [1.29, 1.82) is 0 Å². The van der Waals surface area contributed by atoms with Gasteiger partial charge in [-0.3, -0.25) is 4.79 Å². The second-order valence-corrected chi connectivity index (χ2v) is 11.0. The summed E-state index contributed by atoms with van der Waals surface area (Å²) >= 11 is 0. The summed E-state index contributed by atoms with van der Waals surface area (Å²) in [6.45, 7) is 4.61. The summed E-state index contributed by atoms with van der Waals surface area (Å²) in [7, 11) is 1.55. The van der Waals surface area contributed by atoms with Crippen LogP contribution in [0, 0.1) is 17.2 Å². The SMILES string of the molecule is COc1ccc(F)c(-c2ccc(COc3cccc([C@@H](CC(=O)O)C4CC4)c3)cc2CC(C)(C)CN=[N+]=[N-])c1. The van der Waals surface area contributed by atoms with Crippen LogP contribution in [0.25, 0.3) is 21.6 Å². The zero-order chi connectivity index (χ0) is 28.0. The Bertz CT molecular complexity index is 1380. The van der Waals surface area contributed by atoms with Crippen molar-refractivity contribution >= 4 is 5.97 Å². The molecule has 3 aromatic carbocycles. The average molecular weight is 532 g/mol. The van der Waals surface area contributed by atoms with Gasteiger partial charge in [-0.05, 0) is 94.6 Å². The fourth-order valence-corrected chi connectivity index (χ4v) is 5.02. The lowest BCUT2D eigenvalue weighted by Crippen LogP contribution is -2.19. The first-order chi connectivity index (χ1) is 18.7. The molecular weight excluding hydrogens is 497 g/mol. The Balaban J connectivity index is 1.60. The van der Waals surface area contributed by atoms with Gasteiger partial charge in [0, 0.05) is 17.0 Å². The van der Waals surface area contributed by atoms with Crippen LogP contribution in [0.2, 0.25) is 0 Å². The van der Waals surface area contributed by atoms with Crippen LogP contribution >= 0.6 is 0 Å². The Labute approximate surface area is 228 Å². The van der Waals surface area contributed by atoms with Gasteiger partial charge in [-0.1, -0.05) is 49.3 Å². The van der Waals surface area contributed by atoms with E-state index in [1.54, 1.807) is 19.2 Å². The predicted octanol–water partition coefficient (Wildman–Crippen LogP) is 7.93. The Kier molecular flexibility index (Phi) is 8.77. The molecule has 8 heteroatoms. The van der Waals surface area contributed by atoms with Crippen molar-refractivity contribution in [1.82, 2.24) is 0 Å². The number of hydrogen-bond donors (Lipinski definition) is 1. The minimum absolute atomic E-state index is 0.00648. The highest BCUT2D eigenvalue weighted by molar-refractivity contribution is 5.70. The van der Waals surface area contributed by atoms with Gasteiger partial charge in [-0.15, -0.1) is 0 Å². The fraction of sp³-hybridized carbons (Fsp3) is 0.387. The molecule has 0 bridgehead atoms. The molecule has 0 aromatic heterocycles. The van der Waals surface area contributed by atoms with Crippen LogP contribution in [0.3, 0.4) is 0 Å². The number of carboxylic acid groups (broad SMARTS) is 1. The molecule has 0 heterocycles. The molecule has 39 heavy (non-hydrogen) atoms. The van der Waals surface area contributed by atoms with Crippen LogP contribution in [0.15, 0.2) is 65.8 Å². The predicted molar refractivity (Wildman–Crippen MR) is 148 cm³/mol. The topological polar surface area (TPSA) is 105 Å². The Hall–Kier alpha value is -4.03. The molecule has 1 aliphatic rings. The van der Waals surface area contributed by atoms with E-state index >= 15 is 0 Å². The lowest BCUT2D eigenvalue weighted by atomic mass is 9.82. The van der Waals surface area contributed by atoms with Crippen molar-refractivity contribution in [3.05, 3.63) is 93.6 Å². The number of halogens is 1. The lowest BCUT2D eigenvalue weighted by Gasteiger charge is -2.25. The van der Waals surface area contributed by atoms with Crippen LogP contribution in [-0.4, -0.2) is 24.7 Å². The van der Waals surface area contributed by atoms with Crippen LogP contribution in [0.1, 0.15) is 55.7 Å². The van der Waals surface area contributed by atoms with Gasteiger partial charge >= 0.3 is 5.97 Å². The second-order valence-electron chi connectivity index (χ2n) is 11.0. The number of nitrogens with zero attached hydrogens (tertiary/aromatic N) is 3. The third kappa shape index (κ3) is 7.52. The quantitative estimate of drug-likeness (QED) is 0.137. The Morgan fingerprint density at radius 1 is 1.13 bits per heavy atom. The molecular formula is C31H34FN3O4. The molecule has 4 rings (SSSR count). The standard InChI is InChI=1S/C31H34FN3O4/c1-31(2,19-34-35-33)17-23-13-20(7-11-26(23)28-15-24(38-3)10-12-29(28)32)18-39-25-6-4-5-22(14-25)27(16-30(36)37)21-8-9-21/h4-7,10-15,21,27H,8-9,16-19H2,1-3H3,(H,36,37)/t27-/m0/s1. The van der Waals surface area contributed by atoms with Crippen molar-refractivity contribution in [3.63, 3.8) is 0 Å². The van der Waals surface area contributed by atoms with E-state index in [0.29, 0.717) is 42.6 Å². The summed E-state index contributed by atoms with van der Waals surface area (Å²) in [5.41, 5.74) is 12.5. The van der Waals surface area contributed by atoms with Crippen LogP contribution in [0.5, 0.6) is 11.5 Å². The monoisotopic (exact) mass is 531 g/mol. The van der Waals surface area contributed by atoms with Crippen molar-refractivity contribution in [2.24, 2.45) is 16.4 Å². The normalized spacial score (nSPS) is 13.8. The van der Waals surface area contributed by atoms with Crippen LogP contribution in [0.4, 0.5) is 4.39 Å². The number of azide groups is 1. The molecule has 0 saturated heterocycles. The van der Waals surface area contributed by atoms with Gasteiger partial charge in [-0.25, -0.2) is 4.39 Å². The van der Waals surface area contributed by atoms with Crippen LogP contribution in [-0.2, 0) is 17.8 Å². The second kappa shape index (κ2) is 12.2. The Morgan fingerprint density at radius 3 is 2.62 bits per heavy atom. The van der Waals surface area contributed by atoms with E-state index in [1.165, 1.54) is 6.07 Å². The molecule has 0 radical (unpaired) electrons. The highest BCUT2D eigenvalue weighted by atomic mass is 19.1. The number of carbonyl (C=O) groups is 1. The smallest absolute Gasteiger partial charge is 0.303 e. The maximum absolute atomic E-state index is 14.9. The van der Waals surface area contributed by atoms with Crippen LogP contribution < -0.4 is 9.47 Å². The molecule has 0 aliphatic heterocycles. The molecule has 1 atom stereocenters. The average Bonchev–Trinajstić information content (AvgIpc) is 3.75. The van der Waals surface area contributed by atoms with Gasteiger partial charge in [0.15, 0.2) is 0 Å². The van der Waals surface area contributed by atoms with Crippen molar-refractivity contribution in [2.75, 3.05) is 13.7 Å². The number of methoxy groups -OCH3 is 1. The summed E-state index contributed by atoms with van der Waals surface area (Å²) in [6, 6.07) is 18.2. The highest BCUT2D eigenvalue weighted by Gasteiger charge is 2.33. The van der Waals surface area contributed by atoms with Gasteiger partial charge in [0.2, 0.25) is 0 Å². The van der Waals surface area contributed by atoms with Gasteiger partial charge in [-0.2, -0.15) is 0 Å². The van der Waals surface area contributed by atoms with E-state index in [0.717, 1.165) is 35.1 Å². The first-order valence-electron chi connectivity index (χ1n) is 13.1. The van der Waals surface area contributed by atoms with E-state index in [-0.39, 0.29) is 23.6 Å². The molecule has 1 aliphatic carbocycles. The molecule has 0 unspecified atom stereocenters. The van der Waals surface area contributed by atoms with Crippen molar-refractivity contribution in [3.8, 4) is 22.6 Å². The molecule has 1 fully saturated rings. The third-order valence-corrected chi connectivity index (χ3v) is 7.14. The van der Waals surface area contributed by atoms with E-state index in [9.17, 15) is 14.3 Å². The number of benzene rings is 3. The zero-order valence-electron chi connectivity index (χ0n) is 22.6. The number of ether oxygens (including phenoxy) is 2. The van der Waals surface area contributed by atoms with Gasteiger partial charge in [0.25, 0.3) is 0 Å². The third-order valence-electron chi connectivity index (χ3n) is 7.14. The molecule has 7 nitrogen and oxygen atoms in total. The highest BCUT2D eigenvalue weighted by Crippen LogP contribution is 2.45. The molecule has 0 spiro atoms. The van der Waals surface area contributed by atoms with Gasteiger partial charge in [0.05, 0.1) is 13.5 Å². The summed E-state index contributed by atoms with van der Waals surface area (Å²) in [5.74, 6) is 0.506. The van der Waals surface area contributed by atoms with E-state index < -0.39 is 5.97 Å². The van der Waals surface area contributed by atoms with E-state index in [4.69, 9.17) is 15.0 Å². The molecule has 0 amide bonds. The first-order valence-corrected chi connectivity index (χ1v) is 13.1. The molecule has 1 N–H and O–H groups in total. The molecule has 204 valence electrons. The number of rotatable bonds is 13. The maximum Gasteiger partial charge on any atom is 0.303 e. The molecule has 3 aromatic rings. The number of hydrogen-bond acceptors (Lipinski definition) is 4. The minimum atomic E-state index is -0.790. The lowest BCUT2D eigenvalue weighted by molar-refractivity contribution is -0.137. The zero-order valence-corrected chi connectivity index (χ0v) is 22.6. The van der Waals surface area contributed by atoms with E-state index in [2.05, 4.69) is 10.0 Å². The van der Waals surface area contributed by atoms with Crippen molar-refractivity contribution in [2.45, 2.75) is 52.1 Å². The maximum atomic E-state index is 14.9. The Morgan fingerprint density at radius 2 is 1.92 bits per heavy atom. The fourth-order valence-electron chi connectivity index (χ4n) is 5.02. The number of aliphatic carboxylic acids is 1. The van der Waals surface area contributed by atoms with Gasteiger partial charge in [0.1, 0.15) is 23.9 Å². The minimum Gasteiger partial charge on any atom is -0.497 e. The summed E-state index contributed by atoms with van der Waals surface area (Å²) in [4.78, 5) is 14.3. The number of carboxylic acids is 1.